The van der Waals surface area contributed by atoms with Crippen molar-refractivity contribution in [1.29, 1.82) is 0 Å². The van der Waals surface area contributed by atoms with Crippen molar-refractivity contribution in [3.05, 3.63) is 70.7 Å². The summed E-state index contributed by atoms with van der Waals surface area (Å²) in [6.45, 7) is 4.79. The van der Waals surface area contributed by atoms with Crippen molar-refractivity contribution in [3.8, 4) is 11.3 Å². The number of aryl methyl sites for hydroxylation is 1. The van der Waals surface area contributed by atoms with E-state index in [1.165, 1.54) is 0 Å². The summed E-state index contributed by atoms with van der Waals surface area (Å²) < 4.78 is 7.14. The van der Waals surface area contributed by atoms with Gasteiger partial charge in [0.25, 0.3) is 5.91 Å². The summed E-state index contributed by atoms with van der Waals surface area (Å²) >= 11 is 6.13. The predicted octanol–water partition coefficient (Wildman–Crippen LogP) is 4.30. The SMILES string of the molecule is CCOCCCNC(=O)c1ccc(CN2C(=O)CCn3nc(-c4cccc(Cl)c4)cc32)cc1. The molecule has 4 rings (SSSR count). The van der Waals surface area contributed by atoms with Crippen LogP contribution in [0, 0.1) is 0 Å². The monoisotopic (exact) mass is 466 g/mol. The fraction of sp³-hybridized carbons (Fsp3) is 0.320. The standard InChI is InChI=1S/C25H27ClN4O3/c1-2-33-14-4-12-27-25(32)19-9-7-18(8-10-19)17-29-23-16-22(20-5-3-6-21(26)15-20)28-30(23)13-11-24(29)31/h3,5-10,15-16H,2,4,11-14,17H2,1H3,(H,27,32). The second-order valence-corrected chi connectivity index (χ2v) is 8.29. The maximum Gasteiger partial charge on any atom is 0.251 e. The lowest BCUT2D eigenvalue weighted by atomic mass is 10.1. The highest BCUT2D eigenvalue weighted by molar-refractivity contribution is 6.30. The molecule has 0 aliphatic carbocycles. The van der Waals surface area contributed by atoms with E-state index in [-0.39, 0.29) is 11.8 Å². The van der Waals surface area contributed by atoms with Crippen LogP contribution in [-0.4, -0.2) is 41.4 Å². The minimum atomic E-state index is -0.115. The van der Waals surface area contributed by atoms with Gasteiger partial charge in [-0.05, 0) is 43.2 Å². The summed E-state index contributed by atoms with van der Waals surface area (Å²) in [6.07, 6.45) is 1.17. The third-order valence-electron chi connectivity index (χ3n) is 5.51. The van der Waals surface area contributed by atoms with Crippen molar-refractivity contribution >= 4 is 29.2 Å². The summed E-state index contributed by atoms with van der Waals surface area (Å²) in [5.41, 5.74) is 3.22. The van der Waals surface area contributed by atoms with Gasteiger partial charge in [0.2, 0.25) is 5.91 Å². The van der Waals surface area contributed by atoms with Crippen LogP contribution in [0.1, 0.15) is 35.7 Å². The topological polar surface area (TPSA) is 76.5 Å². The number of hydrogen-bond donors (Lipinski definition) is 1. The lowest BCUT2D eigenvalue weighted by molar-refractivity contribution is -0.119. The van der Waals surface area contributed by atoms with Crippen LogP contribution in [0.2, 0.25) is 5.02 Å². The smallest absolute Gasteiger partial charge is 0.251 e. The van der Waals surface area contributed by atoms with Crippen LogP contribution in [0.3, 0.4) is 0 Å². The molecule has 0 radical (unpaired) electrons. The maximum absolute atomic E-state index is 12.7. The summed E-state index contributed by atoms with van der Waals surface area (Å²) in [5.74, 6) is 0.699. The van der Waals surface area contributed by atoms with Gasteiger partial charge < -0.3 is 10.1 Å². The molecule has 1 aromatic heterocycles. The van der Waals surface area contributed by atoms with E-state index in [4.69, 9.17) is 16.3 Å². The number of halogens is 1. The number of carbonyl (C=O) groups excluding carboxylic acids is 2. The average molecular weight is 467 g/mol. The minimum absolute atomic E-state index is 0.0520. The third kappa shape index (κ3) is 5.61. The first-order valence-corrected chi connectivity index (χ1v) is 11.5. The van der Waals surface area contributed by atoms with E-state index >= 15 is 0 Å². The molecular weight excluding hydrogens is 440 g/mol. The fourth-order valence-electron chi connectivity index (χ4n) is 3.78. The van der Waals surface area contributed by atoms with Crippen LogP contribution < -0.4 is 10.2 Å². The number of nitrogens with one attached hydrogen (secondary N) is 1. The van der Waals surface area contributed by atoms with Gasteiger partial charge >= 0.3 is 0 Å². The van der Waals surface area contributed by atoms with Gasteiger partial charge in [-0.15, -0.1) is 0 Å². The maximum atomic E-state index is 12.7. The molecule has 33 heavy (non-hydrogen) atoms. The molecule has 0 fully saturated rings. The van der Waals surface area contributed by atoms with E-state index in [9.17, 15) is 9.59 Å². The summed E-state index contributed by atoms with van der Waals surface area (Å²) in [5, 5.41) is 8.22. The number of rotatable bonds is 9. The van der Waals surface area contributed by atoms with Crippen LogP contribution in [0.25, 0.3) is 11.3 Å². The Bertz CT molecular complexity index is 1130. The van der Waals surface area contributed by atoms with E-state index < -0.39 is 0 Å². The molecule has 0 atom stereocenters. The highest BCUT2D eigenvalue weighted by Gasteiger charge is 2.26. The Morgan fingerprint density at radius 2 is 2.00 bits per heavy atom. The molecule has 0 spiro atoms. The van der Waals surface area contributed by atoms with Crippen LogP contribution in [0.4, 0.5) is 5.82 Å². The molecule has 1 N–H and O–H groups in total. The number of nitrogens with zero attached hydrogens (tertiary/aromatic N) is 3. The van der Waals surface area contributed by atoms with Gasteiger partial charge in [-0.1, -0.05) is 35.9 Å². The van der Waals surface area contributed by atoms with E-state index in [1.54, 1.807) is 17.0 Å². The zero-order valence-corrected chi connectivity index (χ0v) is 19.3. The largest absolute Gasteiger partial charge is 0.382 e. The van der Waals surface area contributed by atoms with Crippen molar-refractivity contribution in [2.24, 2.45) is 0 Å². The molecule has 2 aromatic carbocycles. The zero-order chi connectivity index (χ0) is 23.2. The number of hydrogen-bond acceptors (Lipinski definition) is 4. The molecule has 8 heteroatoms. The normalized spacial score (nSPS) is 13.2. The fourth-order valence-corrected chi connectivity index (χ4v) is 3.97. The van der Waals surface area contributed by atoms with Crippen LogP contribution in [-0.2, 0) is 22.6 Å². The number of amides is 2. The van der Waals surface area contributed by atoms with Crippen LogP contribution >= 0.6 is 11.6 Å². The molecule has 3 aromatic rings. The molecule has 172 valence electrons. The number of anilines is 1. The molecule has 1 aliphatic heterocycles. The highest BCUT2D eigenvalue weighted by Crippen LogP contribution is 2.30. The highest BCUT2D eigenvalue weighted by atomic mass is 35.5. The van der Waals surface area contributed by atoms with Gasteiger partial charge in [0, 0.05) is 48.4 Å². The van der Waals surface area contributed by atoms with Crippen molar-refractivity contribution < 1.29 is 14.3 Å². The van der Waals surface area contributed by atoms with E-state index in [1.807, 2.05) is 54.1 Å². The van der Waals surface area contributed by atoms with Gasteiger partial charge in [0.15, 0.2) is 0 Å². The summed E-state index contributed by atoms with van der Waals surface area (Å²) in [4.78, 5) is 26.8. The molecule has 1 aliphatic rings. The summed E-state index contributed by atoms with van der Waals surface area (Å²) in [7, 11) is 0. The van der Waals surface area contributed by atoms with E-state index in [2.05, 4.69) is 10.4 Å². The third-order valence-corrected chi connectivity index (χ3v) is 5.74. The number of ether oxygens (including phenoxy) is 1. The zero-order valence-electron chi connectivity index (χ0n) is 18.6. The molecule has 0 bridgehead atoms. The number of aromatic nitrogens is 2. The van der Waals surface area contributed by atoms with Gasteiger partial charge in [-0.2, -0.15) is 5.10 Å². The van der Waals surface area contributed by atoms with Crippen molar-refractivity contribution in [2.75, 3.05) is 24.7 Å². The Balaban J connectivity index is 1.44. The molecule has 0 saturated carbocycles. The second-order valence-electron chi connectivity index (χ2n) is 7.85. The number of fused-ring (bicyclic) bond motifs is 1. The molecule has 2 amide bonds. The Morgan fingerprint density at radius 3 is 2.76 bits per heavy atom. The Morgan fingerprint density at radius 1 is 1.18 bits per heavy atom. The van der Waals surface area contributed by atoms with Crippen molar-refractivity contribution in [1.82, 2.24) is 15.1 Å². The van der Waals surface area contributed by atoms with Crippen LogP contribution in [0.5, 0.6) is 0 Å². The lowest BCUT2D eigenvalue weighted by Gasteiger charge is -2.27. The van der Waals surface area contributed by atoms with E-state index in [0.29, 0.717) is 49.9 Å². The van der Waals surface area contributed by atoms with Gasteiger partial charge in [-0.25, -0.2) is 4.68 Å². The Kier molecular flexibility index (Phi) is 7.42. The first-order valence-electron chi connectivity index (χ1n) is 11.1. The second kappa shape index (κ2) is 10.6. The molecule has 7 nitrogen and oxygen atoms in total. The lowest BCUT2D eigenvalue weighted by Crippen LogP contribution is -2.36. The summed E-state index contributed by atoms with van der Waals surface area (Å²) in [6, 6.07) is 16.8. The average Bonchev–Trinajstić information content (AvgIpc) is 3.26. The van der Waals surface area contributed by atoms with Crippen molar-refractivity contribution in [3.63, 3.8) is 0 Å². The quantitative estimate of drug-likeness (QED) is 0.477. The minimum Gasteiger partial charge on any atom is -0.382 e. The molecular formula is C25H27ClN4O3. The predicted molar refractivity (Wildman–Crippen MR) is 128 cm³/mol. The first-order chi connectivity index (χ1) is 16.0. The molecule has 0 saturated heterocycles. The van der Waals surface area contributed by atoms with Crippen molar-refractivity contribution in [2.45, 2.75) is 32.9 Å². The first kappa shape index (κ1) is 23.0. The Labute approximate surface area is 198 Å². The van der Waals surface area contributed by atoms with E-state index in [0.717, 1.165) is 29.1 Å². The molecule has 0 unspecified atom stereocenters. The van der Waals surface area contributed by atoms with Crippen LogP contribution in [0.15, 0.2) is 54.6 Å². The van der Waals surface area contributed by atoms with Gasteiger partial charge in [0.1, 0.15) is 5.82 Å². The number of benzene rings is 2. The molecule has 2 heterocycles. The van der Waals surface area contributed by atoms with Gasteiger partial charge in [-0.3, -0.25) is 14.5 Å². The Hall–Kier alpha value is -3.16. The van der Waals surface area contributed by atoms with Gasteiger partial charge in [0.05, 0.1) is 18.8 Å². The number of carbonyl (C=O) groups is 2.